The summed E-state index contributed by atoms with van der Waals surface area (Å²) >= 11 is 0. The highest BCUT2D eigenvalue weighted by molar-refractivity contribution is 5.60. The molecule has 1 rings (SSSR count). The van der Waals surface area contributed by atoms with E-state index in [1.807, 2.05) is 0 Å². The molecule has 1 aromatic carbocycles. The van der Waals surface area contributed by atoms with Crippen molar-refractivity contribution >= 4 is 5.97 Å². The van der Waals surface area contributed by atoms with Crippen molar-refractivity contribution in [3.8, 4) is 17.2 Å². The van der Waals surface area contributed by atoms with E-state index in [0.29, 0.717) is 11.5 Å². The lowest BCUT2D eigenvalue weighted by atomic mass is 10.3. The molecule has 0 bridgehead atoms. The van der Waals surface area contributed by atoms with Crippen LogP contribution in [0.2, 0.25) is 0 Å². The first-order valence-electron chi connectivity index (χ1n) is 4.09. The molecule has 0 amide bonds. The maximum atomic E-state index is 9.10. The zero-order chi connectivity index (χ0) is 11.8. The Morgan fingerprint density at radius 1 is 1.20 bits per heavy atom. The third-order valence-corrected chi connectivity index (χ3v) is 1.34. The number of rotatable bonds is 2. The molecular formula is C10H13O5-. The molecule has 0 radical (unpaired) electrons. The largest absolute Gasteiger partial charge is 0.550 e. The number of methoxy groups -OCH3 is 2. The number of hydrogen-bond donors (Lipinski definition) is 1. The Morgan fingerprint density at radius 3 is 1.80 bits per heavy atom. The molecule has 84 valence electrons. The van der Waals surface area contributed by atoms with Gasteiger partial charge < -0.3 is 24.5 Å². The molecular weight excluding hydrogens is 200 g/mol. The number of phenolic OH excluding ortho intramolecular Hbond substituents is 1. The van der Waals surface area contributed by atoms with Crippen LogP contribution in [0.15, 0.2) is 18.2 Å². The fourth-order valence-corrected chi connectivity index (χ4v) is 0.792. The number of carboxylic acids is 1. The van der Waals surface area contributed by atoms with Crippen molar-refractivity contribution in [2.24, 2.45) is 0 Å². The molecule has 0 aliphatic heterocycles. The van der Waals surface area contributed by atoms with Crippen molar-refractivity contribution in [2.75, 3.05) is 14.2 Å². The second-order valence-electron chi connectivity index (χ2n) is 2.56. The minimum Gasteiger partial charge on any atom is -0.550 e. The molecule has 0 aliphatic rings. The average molecular weight is 213 g/mol. The zero-order valence-electron chi connectivity index (χ0n) is 8.81. The molecule has 5 nitrogen and oxygen atoms in total. The van der Waals surface area contributed by atoms with Crippen molar-refractivity contribution in [3.05, 3.63) is 18.2 Å². The second kappa shape index (κ2) is 6.53. The molecule has 1 N–H and O–H groups in total. The summed E-state index contributed by atoms with van der Waals surface area (Å²) < 4.78 is 9.80. The molecule has 0 heterocycles. The molecule has 0 spiro atoms. The summed E-state index contributed by atoms with van der Waals surface area (Å²) in [5.41, 5.74) is 0. The number of phenols is 1. The van der Waals surface area contributed by atoms with Gasteiger partial charge in [0.1, 0.15) is 17.2 Å². The predicted molar refractivity (Wildman–Crippen MR) is 51.9 cm³/mol. The van der Waals surface area contributed by atoms with Crippen molar-refractivity contribution in [2.45, 2.75) is 6.92 Å². The van der Waals surface area contributed by atoms with Crippen molar-refractivity contribution < 1.29 is 24.5 Å². The SMILES string of the molecule is CC(=O)[O-].COc1cc(O)cc(OC)c1. The van der Waals surface area contributed by atoms with Crippen LogP contribution in [0.3, 0.4) is 0 Å². The fourth-order valence-electron chi connectivity index (χ4n) is 0.792. The molecule has 0 saturated heterocycles. The Balaban J connectivity index is 0.000000423. The molecule has 15 heavy (non-hydrogen) atoms. The van der Waals surface area contributed by atoms with E-state index in [0.717, 1.165) is 6.92 Å². The number of hydrogen-bond acceptors (Lipinski definition) is 5. The van der Waals surface area contributed by atoms with Gasteiger partial charge in [-0.05, 0) is 6.92 Å². The van der Waals surface area contributed by atoms with E-state index in [1.54, 1.807) is 6.07 Å². The summed E-state index contributed by atoms with van der Waals surface area (Å²) in [7, 11) is 3.07. The number of ether oxygens (including phenoxy) is 2. The van der Waals surface area contributed by atoms with Gasteiger partial charge in [-0.3, -0.25) is 0 Å². The van der Waals surface area contributed by atoms with Crippen molar-refractivity contribution in [1.82, 2.24) is 0 Å². The molecule has 5 heteroatoms. The van der Waals surface area contributed by atoms with Gasteiger partial charge in [-0.15, -0.1) is 0 Å². The van der Waals surface area contributed by atoms with E-state index in [9.17, 15) is 0 Å². The third kappa shape index (κ3) is 6.20. The fraction of sp³-hybridized carbons (Fsp3) is 0.300. The first kappa shape index (κ1) is 13.1. The summed E-state index contributed by atoms with van der Waals surface area (Å²) in [4.78, 5) is 8.89. The number of carbonyl (C=O) groups is 1. The highest BCUT2D eigenvalue weighted by atomic mass is 16.5. The molecule has 0 unspecified atom stereocenters. The first-order valence-corrected chi connectivity index (χ1v) is 4.09. The van der Waals surface area contributed by atoms with Gasteiger partial charge in [0, 0.05) is 24.2 Å². The summed E-state index contributed by atoms with van der Waals surface area (Å²) in [6.45, 7) is 0.972. The van der Waals surface area contributed by atoms with Crippen LogP contribution in [0, 0.1) is 0 Å². The van der Waals surface area contributed by atoms with Gasteiger partial charge in [0.25, 0.3) is 0 Å². The average Bonchev–Trinajstić information content (AvgIpc) is 2.15. The van der Waals surface area contributed by atoms with Crippen LogP contribution in [0.1, 0.15) is 6.92 Å². The highest BCUT2D eigenvalue weighted by Gasteiger charge is 1.98. The van der Waals surface area contributed by atoms with Gasteiger partial charge in [-0.1, -0.05) is 0 Å². The minimum atomic E-state index is -1.08. The van der Waals surface area contributed by atoms with Crippen LogP contribution in [0.5, 0.6) is 17.2 Å². The monoisotopic (exact) mass is 213 g/mol. The van der Waals surface area contributed by atoms with E-state index in [4.69, 9.17) is 24.5 Å². The molecule has 0 saturated carbocycles. The normalized spacial score (nSPS) is 8.47. The van der Waals surface area contributed by atoms with Crippen molar-refractivity contribution in [1.29, 1.82) is 0 Å². The van der Waals surface area contributed by atoms with Gasteiger partial charge in [0.05, 0.1) is 14.2 Å². The first-order chi connectivity index (χ1) is 6.99. The number of aliphatic carboxylic acids is 1. The summed E-state index contributed by atoms with van der Waals surface area (Å²) in [6.07, 6.45) is 0. The van der Waals surface area contributed by atoms with Crippen molar-refractivity contribution in [3.63, 3.8) is 0 Å². The van der Waals surface area contributed by atoms with Gasteiger partial charge in [0.15, 0.2) is 0 Å². The molecule has 0 atom stereocenters. The van der Waals surface area contributed by atoms with E-state index in [2.05, 4.69) is 0 Å². The smallest absolute Gasteiger partial charge is 0.126 e. The predicted octanol–water partition coefficient (Wildman–Crippen LogP) is 0.166. The Morgan fingerprint density at radius 2 is 1.53 bits per heavy atom. The van der Waals surface area contributed by atoms with Crippen LogP contribution >= 0.6 is 0 Å². The maximum absolute atomic E-state index is 9.10. The Bertz CT molecular complexity index is 295. The standard InChI is InChI=1S/C8H10O3.C2H4O2/c1-10-7-3-6(9)4-8(5-7)11-2;1-2(3)4/h3-5,9H,1-2H3;1H3,(H,3,4)/p-1. The highest BCUT2D eigenvalue weighted by Crippen LogP contribution is 2.25. The lowest BCUT2D eigenvalue weighted by molar-refractivity contribution is -0.302. The van der Waals surface area contributed by atoms with Gasteiger partial charge >= 0.3 is 0 Å². The number of benzene rings is 1. The Kier molecular flexibility index (Phi) is 5.70. The summed E-state index contributed by atoms with van der Waals surface area (Å²) in [5, 5.41) is 18.0. The minimum absolute atomic E-state index is 0.140. The molecule has 0 aliphatic carbocycles. The van der Waals surface area contributed by atoms with Crippen LogP contribution in [0.4, 0.5) is 0 Å². The number of carbonyl (C=O) groups excluding carboxylic acids is 1. The van der Waals surface area contributed by atoms with Crippen LogP contribution in [0.25, 0.3) is 0 Å². The van der Waals surface area contributed by atoms with E-state index in [-0.39, 0.29) is 5.75 Å². The quantitative estimate of drug-likeness (QED) is 0.757. The van der Waals surface area contributed by atoms with Gasteiger partial charge in [0.2, 0.25) is 0 Å². The van der Waals surface area contributed by atoms with E-state index < -0.39 is 5.97 Å². The topological polar surface area (TPSA) is 78.8 Å². The molecule has 0 aromatic heterocycles. The zero-order valence-corrected chi connectivity index (χ0v) is 8.81. The third-order valence-electron chi connectivity index (χ3n) is 1.34. The molecule has 1 aromatic rings. The van der Waals surface area contributed by atoms with E-state index >= 15 is 0 Å². The number of carboxylic acid groups (broad SMARTS) is 1. The van der Waals surface area contributed by atoms with Crippen LogP contribution in [-0.2, 0) is 4.79 Å². The Labute approximate surface area is 87.9 Å². The second-order valence-corrected chi connectivity index (χ2v) is 2.56. The van der Waals surface area contributed by atoms with Gasteiger partial charge in [-0.25, -0.2) is 0 Å². The Hall–Kier alpha value is -1.91. The maximum Gasteiger partial charge on any atom is 0.126 e. The summed E-state index contributed by atoms with van der Waals surface area (Å²) in [6, 6.07) is 4.73. The van der Waals surface area contributed by atoms with Crippen LogP contribution in [-0.4, -0.2) is 25.3 Å². The number of aromatic hydroxyl groups is 1. The van der Waals surface area contributed by atoms with Crippen LogP contribution < -0.4 is 14.6 Å². The van der Waals surface area contributed by atoms with Gasteiger partial charge in [-0.2, -0.15) is 0 Å². The van der Waals surface area contributed by atoms with E-state index in [1.165, 1.54) is 26.4 Å². The molecule has 0 fully saturated rings. The summed E-state index contributed by atoms with van der Waals surface area (Å²) in [5.74, 6) is 0.227. The lowest BCUT2D eigenvalue weighted by Gasteiger charge is -2.03. The lowest BCUT2D eigenvalue weighted by Crippen LogP contribution is -2.16.